The van der Waals surface area contributed by atoms with Crippen LogP contribution < -0.4 is 0 Å². The van der Waals surface area contributed by atoms with Crippen LogP contribution in [-0.2, 0) is 65.4 Å². The second-order valence-electron chi connectivity index (χ2n) is 4.25. The second-order valence-corrected chi connectivity index (χ2v) is 4.25. The Morgan fingerprint density at radius 1 is 0.545 bits per heavy atom. The summed E-state index contributed by atoms with van der Waals surface area (Å²) in [6.07, 6.45) is 0. The van der Waals surface area contributed by atoms with E-state index in [1.54, 1.807) is 6.92 Å². The van der Waals surface area contributed by atoms with Crippen molar-refractivity contribution in [2.24, 2.45) is 0 Å². The van der Waals surface area contributed by atoms with Gasteiger partial charge in [-0.15, -0.1) is 0 Å². The molecule has 1 aliphatic carbocycles. The normalized spacial score (nSPS) is 9.09. The molecule has 0 saturated heterocycles. The Morgan fingerprint density at radius 2 is 0.909 bits per heavy atom. The summed E-state index contributed by atoms with van der Waals surface area (Å²) in [6.45, 7) is 9.00. The summed E-state index contributed by atoms with van der Waals surface area (Å²) >= 11 is 0. The zero-order valence-corrected chi connectivity index (χ0v) is 19.3. The Kier molecular flexibility index (Phi) is 10.9. The SMILES string of the molecule is CC.[CH2-]C.[Y].[Y].c1ccc2c(c1)-c1cccc3cccc-2c13. The van der Waals surface area contributed by atoms with Gasteiger partial charge in [-0.2, -0.15) is 6.92 Å². The Morgan fingerprint density at radius 3 is 1.32 bits per heavy atom. The summed E-state index contributed by atoms with van der Waals surface area (Å²) in [5, 5.41) is 2.75. The molecular formula is C20H21Y2-. The van der Waals surface area contributed by atoms with Crippen LogP contribution in [-0.4, -0.2) is 0 Å². The molecule has 0 bridgehead atoms. The Hall–Kier alpha value is 0.128. The Bertz CT molecular complexity index is 660. The molecule has 0 saturated carbocycles. The Labute approximate surface area is 184 Å². The fourth-order valence-corrected chi connectivity index (χ4v) is 2.74. The molecule has 22 heavy (non-hydrogen) atoms. The molecule has 0 aromatic heterocycles. The molecule has 0 fully saturated rings. The van der Waals surface area contributed by atoms with Gasteiger partial charge in [-0.1, -0.05) is 74.5 Å². The van der Waals surface area contributed by atoms with Crippen LogP contribution in [0.1, 0.15) is 20.8 Å². The minimum absolute atomic E-state index is 0. The third kappa shape index (κ3) is 3.96. The molecule has 3 aromatic rings. The third-order valence-electron chi connectivity index (χ3n) is 3.41. The van der Waals surface area contributed by atoms with E-state index in [0.29, 0.717) is 0 Å². The zero-order chi connectivity index (χ0) is 14.5. The van der Waals surface area contributed by atoms with Gasteiger partial charge in [0.05, 0.1) is 0 Å². The first-order valence-corrected chi connectivity index (χ1v) is 7.27. The number of hydrogen-bond acceptors (Lipinski definition) is 0. The summed E-state index contributed by atoms with van der Waals surface area (Å²) in [7, 11) is 0. The van der Waals surface area contributed by atoms with Gasteiger partial charge in [-0.05, 0) is 33.0 Å². The van der Waals surface area contributed by atoms with Crippen LogP contribution in [0, 0.1) is 6.92 Å². The number of rotatable bonds is 0. The predicted molar refractivity (Wildman–Crippen MR) is 90.8 cm³/mol. The fraction of sp³-hybridized carbons (Fsp3) is 0.150. The van der Waals surface area contributed by atoms with Crippen molar-refractivity contribution < 1.29 is 65.4 Å². The van der Waals surface area contributed by atoms with Crippen LogP contribution >= 0.6 is 0 Å². The van der Waals surface area contributed by atoms with Crippen molar-refractivity contribution in [1.82, 2.24) is 0 Å². The van der Waals surface area contributed by atoms with Crippen molar-refractivity contribution in [3.8, 4) is 22.3 Å². The van der Waals surface area contributed by atoms with Crippen molar-refractivity contribution in [3.63, 3.8) is 0 Å². The fourth-order valence-electron chi connectivity index (χ4n) is 2.74. The number of benzene rings is 3. The average molecular weight is 439 g/mol. The molecule has 2 radical (unpaired) electrons. The van der Waals surface area contributed by atoms with E-state index in [2.05, 4.69) is 67.6 Å². The van der Waals surface area contributed by atoms with E-state index in [1.807, 2.05) is 13.8 Å². The van der Waals surface area contributed by atoms with Crippen LogP contribution in [0.5, 0.6) is 0 Å². The van der Waals surface area contributed by atoms with Gasteiger partial charge in [-0.25, -0.2) is 0 Å². The van der Waals surface area contributed by atoms with Gasteiger partial charge in [0.15, 0.2) is 0 Å². The molecule has 0 N–H and O–H groups in total. The first-order chi connectivity index (χ1) is 9.95. The molecule has 0 nitrogen and oxygen atoms in total. The molecule has 3 aromatic carbocycles. The molecule has 0 unspecified atom stereocenters. The Balaban J connectivity index is 0.000000686. The molecule has 2 heteroatoms. The topological polar surface area (TPSA) is 0 Å². The van der Waals surface area contributed by atoms with Crippen LogP contribution in [0.3, 0.4) is 0 Å². The second kappa shape index (κ2) is 10.8. The van der Waals surface area contributed by atoms with E-state index in [-0.39, 0.29) is 65.4 Å². The van der Waals surface area contributed by atoms with Gasteiger partial charge in [0.1, 0.15) is 0 Å². The van der Waals surface area contributed by atoms with Crippen molar-refractivity contribution in [1.29, 1.82) is 0 Å². The smallest absolute Gasteiger partial charge is 0 e. The molecule has 4 rings (SSSR count). The number of hydrogen-bond donors (Lipinski definition) is 0. The van der Waals surface area contributed by atoms with E-state index >= 15 is 0 Å². The summed E-state index contributed by atoms with van der Waals surface area (Å²) < 4.78 is 0. The van der Waals surface area contributed by atoms with E-state index in [1.165, 1.54) is 33.0 Å². The summed E-state index contributed by atoms with van der Waals surface area (Å²) in [4.78, 5) is 0. The zero-order valence-electron chi connectivity index (χ0n) is 13.6. The predicted octanol–water partition coefficient (Wildman–Crippen LogP) is 6.35. The maximum atomic E-state index is 3.25. The summed E-state index contributed by atoms with van der Waals surface area (Å²) in [5.41, 5.74) is 5.50. The van der Waals surface area contributed by atoms with Gasteiger partial charge in [0, 0.05) is 65.4 Å². The first kappa shape index (κ1) is 22.1. The van der Waals surface area contributed by atoms with Crippen LogP contribution in [0.15, 0.2) is 60.7 Å². The summed E-state index contributed by atoms with van der Waals surface area (Å²) in [6, 6.07) is 21.8. The largest absolute Gasteiger partial charge is 0.346 e. The standard InChI is InChI=1S/C16H10.C2H6.C2H5.2Y/c1-2-8-13-12(7-1)14-9-3-5-11-6-4-10-15(13)16(11)14;2*1-2;;/h1-10H;1-2H3;1H2,2H3;;/q;;-1;;. The molecule has 0 amide bonds. The van der Waals surface area contributed by atoms with Crippen molar-refractivity contribution >= 4 is 10.8 Å². The van der Waals surface area contributed by atoms with E-state index in [0.717, 1.165) is 0 Å². The third-order valence-corrected chi connectivity index (χ3v) is 3.41. The molecule has 0 aliphatic heterocycles. The molecule has 0 heterocycles. The molecule has 108 valence electrons. The van der Waals surface area contributed by atoms with Gasteiger partial charge in [0.25, 0.3) is 0 Å². The minimum Gasteiger partial charge on any atom is -0.346 e. The molecular weight excluding hydrogens is 418 g/mol. The van der Waals surface area contributed by atoms with Crippen molar-refractivity contribution in [2.75, 3.05) is 0 Å². The molecule has 0 atom stereocenters. The monoisotopic (exact) mass is 439 g/mol. The van der Waals surface area contributed by atoms with Gasteiger partial charge < -0.3 is 6.92 Å². The van der Waals surface area contributed by atoms with Crippen molar-refractivity contribution in [3.05, 3.63) is 67.6 Å². The average Bonchev–Trinajstić information content (AvgIpc) is 2.89. The van der Waals surface area contributed by atoms with Gasteiger partial charge in [-0.3, -0.25) is 0 Å². The van der Waals surface area contributed by atoms with Crippen LogP contribution in [0.4, 0.5) is 0 Å². The summed E-state index contributed by atoms with van der Waals surface area (Å²) in [5.74, 6) is 0. The van der Waals surface area contributed by atoms with E-state index in [4.69, 9.17) is 0 Å². The van der Waals surface area contributed by atoms with Crippen LogP contribution in [0.2, 0.25) is 0 Å². The van der Waals surface area contributed by atoms with Gasteiger partial charge in [0.2, 0.25) is 0 Å². The maximum absolute atomic E-state index is 3.25. The maximum Gasteiger partial charge on any atom is 0 e. The number of fused-ring (bicyclic) bond motifs is 3. The molecule has 0 spiro atoms. The van der Waals surface area contributed by atoms with Gasteiger partial charge >= 0.3 is 0 Å². The minimum atomic E-state index is 0. The quantitative estimate of drug-likeness (QED) is 0.280. The van der Waals surface area contributed by atoms with Crippen LogP contribution in [0.25, 0.3) is 33.0 Å². The molecule has 1 aliphatic rings. The van der Waals surface area contributed by atoms with E-state index in [9.17, 15) is 0 Å². The van der Waals surface area contributed by atoms with E-state index < -0.39 is 0 Å². The first-order valence-electron chi connectivity index (χ1n) is 7.27. The van der Waals surface area contributed by atoms with Crippen molar-refractivity contribution in [2.45, 2.75) is 20.8 Å².